The molecule has 0 saturated carbocycles. The summed E-state index contributed by atoms with van der Waals surface area (Å²) in [5, 5.41) is 13.6. The molecule has 1 unspecified atom stereocenters. The van der Waals surface area contributed by atoms with Crippen molar-refractivity contribution in [2.24, 2.45) is 5.73 Å². The van der Waals surface area contributed by atoms with E-state index >= 15 is 0 Å². The number of non-ortho nitro benzene ring substituents is 1. The molecule has 1 saturated heterocycles. The van der Waals surface area contributed by atoms with E-state index in [2.05, 4.69) is 5.32 Å². The summed E-state index contributed by atoms with van der Waals surface area (Å²) in [6.07, 6.45) is 0. The van der Waals surface area contributed by atoms with Gasteiger partial charge in [0.15, 0.2) is 0 Å². The molecule has 1 aliphatic rings. The molecule has 1 aliphatic heterocycles. The number of nitrogens with one attached hydrogen (secondary N) is 1. The van der Waals surface area contributed by atoms with Crippen LogP contribution in [0.3, 0.4) is 0 Å². The summed E-state index contributed by atoms with van der Waals surface area (Å²) < 4.78 is 13.8. The first-order valence-corrected chi connectivity index (χ1v) is 6.16. The predicted molar refractivity (Wildman–Crippen MR) is 69.9 cm³/mol. The Hall–Kier alpha value is -2.55. The molecule has 1 fully saturated rings. The van der Waals surface area contributed by atoms with Crippen LogP contribution in [0.25, 0.3) is 0 Å². The van der Waals surface area contributed by atoms with Crippen LogP contribution in [0, 0.1) is 15.9 Å². The summed E-state index contributed by atoms with van der Waals surface area (Å²) in [7, 11) is 0. The number of amides is 2. The molecule has 2 amide bonds. The maximum absolute atomic E-state index is 13.8. The third-order valence-electron chi connectivity index (χ3n) is 3.22. The van der Waals surface area contributed by atoms with Crippen molar-refractivity contribution in [3.63, 3.8) is 0 Å². The highest BCUT2D eigenvalue weighted by Crippen LogP contribution is 2.20. The zero-order chi connectivity index (χ0) is 15.6. The number of carbonyl (C=O) groups excluding carboxylic acids is 2. The van der Waals surface area contributed by atoms with E-state index < -0.39 is 39.8 Å². The van der Waals surface area contributed by atoms with Gasteiger partial charge in [-0.1, -0.05) is 0 Å². The molecule has 0 aromatic heterocycles. The van der Waals surface area contributed by atoms with Gasteiger partial charge in [-0.3, -0.25) is 19.7 Å². The van der Waals surface area contributed by atoms with Crippen LogP contribution in [0.2, 0.25) is 0 Å². The molecule has 9 heteroatoms. The second-order valence-corrected chi connectivity index (χ2v) is 4.54. The van der Waals surface area contributed by atoms with Crippen LogP contribution in [0.4, 0.5) is 10.1 Å². The van der Waals surface area contributed by atoms with Crippen molar-refractivity contribution < 1.29 is 18.9 Å². The van der Waals surface area contributed by atoms with Crippen LogP contribution >= 0.6 is 0 Å². The Morgan fingerprint density at radius 3 is 2.81 bits per heavy atom. The Balaban J connectivity index is 2.36. The van der Waals surface area contributed by atoms with Crippen molar-refractivity contribution in [3.05, 3.63) is 39.7 Å². The number of benzene rings is 1. The van der Waals surface area contributed by atoms with Crippen LogP contribution < -0.4 is 11.1 Å². The molecule has 0 radical (unpaired) electrons. The van der Waals surface area contributed by atoms with E-state index in [0.29, 0.717) is 6.54 Å². The van der Waals surface area contributed by atoms with E-state index in [-0.39, 0.29) is 13.1 Å². The van der Waals surface area contributed by atoms with Gasteiger partial charge in [0.1, 0.15) is 11.9 Å². The number of nitro groups is 1. The van der Waals surface area contributed by atoms with Gasteiger partial charge in [-0.25, -0.2) is 4.39 Å². The quantitative estimate of drug-likeness (QED) is 0.583. The van der Waals surface area contributed by atoms with Crippen molar-refractivity contribution in [3.8, 4) is 0 Å². The van der Waals surface area contributed by atoms with Gasteiger partial charge in [-0.15, -0.1) is 0 Å². The average Bonchev–Trinajstić information content (AvgIpc) is 2.46. The number of carbonyl (C=O) groups is 2. The predicted octanol–water partition coefficient (Wildman–Crippen LogP) is -0.367. The number of hydrogen-bond donors (Lipinski definition) is 2. The molecular weight excluding hydrogens is 283 g/mol. The second kappa shape index (κ2) is 5.83. The smallest absolute Gasteiger partial charge is 0.270 e. The number of piperazine rings is 1. The molecule has 0 aliphatic carbocycles. The lowest BCUT2D eigenvalue weighted by atomic mass is 10.1. The minimum Gasteiger partial charge on any atom is -0.368 e. The first kappa shape index (κ1) is 14.9. The number of halogens is 1. The third-order valence-corrected chi connectivity index (χ3v) is 3.22. The Morgan fingerprint density at radius 1 is 1.48 bits per heavy atom. The van der Waals surface area contributed by atoms with Crippen LogP contribution in [0.1, 0.15) is 10.4 Å². The first-order chi connectivity index (χ1) is 9.91. The number of nitrogens with two attached hydrogens (primary N) is 1. The van der Waals surface area contributed by atoms with Gasteiger partial charge in [-0.05, 0) is 6.07 Å². The highest BCUT2D eigenvalue weighted by molar-refractivity contribution is 5.98. The van der Waals surface area contributed by atoms with Gasteiger partial charge in [-0.2, -0.15) is 0 Å². The summed E-state index contributed by atoms with van der Waals surface area (Å²) in [6.45, 7) is 0.748. The van der Waals surface area contributed by atoms with Gasteiger partial charge in [0.25, 0.3) is 11.6 Å². The lowest BCUT2D eigenvalue weighted by molar-refractivity contribution is -0.384. The van der Waals surface area contributed by atoms with Crippen LogP contribution in [-0.2, 0) is 4.79 Å². The van der Waals surface area contributed by atoms with Gasteiger partial charge >= 0.3 is 0 Å². The third kappa shape index (κ3) is 2.97. The molecule has 1 atom stereocenters. The van der Waals surface area contributed by atoms with E-state index in [1.54, 1.807) is 0 Å². The zero-order valence-electron chi connectivity index (χ0n) is 10.9. The first-order valence-electron chi connectivity index (χ1n) is 6.16. The largest absolute Gasteiger partial charge is 0.368 e. The van der Waals surface area contributed by atoms with Gasteiger partial charge in [0.05, 0.1) is 10.5 Å². The summed E-state index contributed by atoms with van der Waals surface area (Å²) in [4.78, 5) is 34.8. The summed E-state index contributed by atoms with van der Waals surface area (Å²) in [5.74, 6) is -2.39. The summed E-state index contributed by atoms with van der Waals surface area (Å²) in [6, 6.07) is 1.77. The van der Waals surface area contributed by atoms with Crippen LogP contribution in [0.5, 0.6) is 0 Å². The van der Waals surface area contributed by atoms with Crippen molar-refractivity contribution in [2.75, 3.05) is 19.6 Å². The molecule has 0 spiro atoms. The number of primary amides is 1. The van der Waals surface area contributed by atoms with E-state index in [9.17, 15) is 24.1 Å². The molecule has 3 N–H and O–H groups in total. The fraction of sp³-hybridized carbons (Fsp3) is 0.333. The fourth-order valence-corrected chi connectivity index (χ4v) is 2.15. The highest BCUT2D eigenvalue weighted by atomic mass is 19.1. The molecule has 1 aromatic carbocycles. The van der Waals surface area contributed by atoms with E-state index in [1.165, 1.54) is 0 Å². The number of nitro benzene ring substituents is 1. The SMILES string of the molecule is NC(=O)C1CNCCN1C(=O)c1cc([N+](=O)[O-])ccc1F. The second-order valence-electron chi connectivity index (χ2n) is 4.54. The fourth-order valence-electron chi connectivity index (χ4n) is 2.15. The molecule has 1 heterocycles. The topological polar surface area (TPSA) is 119 Å². The lowest BCUT2D eigenvalue weighted by Crippen LogP contribution is -2.58. The Labute approximate surface area is 118 Å². The van der Waals surface area contributed by atoms with Crippen molar-refractivity contribution in [1.82, 2.24) is 10.2 Å². The van der Waals surface area contributed by atoms with Crippen molar-refractivity contribution in [2.45, 2.75) is 6.04 Å². The average molecular weight is 296 g/mol. The molecular formula is C12H13FN4O4. The molecule has 1 aromatic rings. The monoisotopic (exact) mass is 296 g/mol. The lowest BCUT2D eigenvalue weighted by Gasteiger charge is -2.34. The van der Waals surface area contributed by atoms with Crippen molar-refractivity contribution in [1.29, 1.82) is 0 Å². The molecule has 0 bridgehead atoms. The normalized spacial score (nSPS) is 18.3. The van der Waals surface area contributed by atoms with Gasteiger partial charge in [0.2, 0.25) is 5.91 Å². The number of hydrogen-bond acceptors (Lipinski definition) is 5. The maximum Gasteiger partial charge on any atom is 0.270 e. The van der Waals surface area contributed by atoms with Crippen LogP contribution in [0.15, 0.2) is 18.2 Å². The Kier molecular flexibility index (Phi) is 4.13. The van der Waals surface area contributed by atoms with Gasteiger partial charge < -0.3 is 16.0 Å². The molecule has 112 valence electrons. The van der Waals surface area contributed by atoms with Gasteiger partial charge in [0, 0.05) is 31.8 Å². The summed E-state index contributed by atoms with van der Waals surface area (Å²) >= 11 is 0. The zero-order valence-corrected chi connectivity index (χ0v) is 10.9. The van der Waals surface area contributed by atoms with E-state index in [0.717, 1.165) is 23.1 Å². The molecule has 21 heavy (non-hydrogen) atoms. The highest BCUT2D eigenvalue weighted by Gasteiger charge is 2.32. The molecule has 2 rings (SSSR count). The Bertz CT molecular complexity index is 607. The van der Waals surface area contributed by atoms with Crippen molar-refractivity contribution >= 4 is 17.5 Å². The Morgan fingerprint density at radius 2 is 2.19 bits per heavy atom. The van der Waals surface area contributed by atoms with E-state index in [1.807, 2.05) is 0 Å². The minimum absolute atomic E-state index is 0.161. The number of nitrogens with zero attached hydrogens (tertiary/aromatic N) is 2. The van der Waals surface area contributed by atoms with Crippen LogP contribution in [-0.4, -0.2) is 47.3 Å². The maximum atomic E-state index is 13.8. The van der Waals surface area contributed by atoms with E-state index in [4.69, 9.17) is 5.73 Å². The standard InChI is InChI=1S/C12H13FN4O4/c13-9-2-1-7(17(20)21)5-8(9)12(19)16-4-3-15-6-10(16)11(14)18/h1-2,5,10,15H,3-4,6H2,(H2,14,18). The summed E-state index contributed by atoms with van der Waals surface area (Å²) in [5.41, 5.74) is 4.37. The molecule has 8 nitrogen and oxygen atoms in total. The number of rotatable bonds is 3. The minimum atomic E-state index is -0.912.